The summed E-state index contributed by atoms with van der Waals surface area (Å²) < 4.78 is 15.5. The van der Waals surface area contributed by atoms with Crippen molar-refractivity contribution in [3.05, 3.63) is 35.3 Å². The lowest BCUT2D eigenvalue weighted by Gasteiger charge is -2.24. The third-order valence-electron chi connectivity index (χ3n) is 3.91. The molecule has 2 nitrogen and oxygen atoms in total. The summed E-state index contributed by atoms with van der Waals surface area (Å²) in [6, 6.07) is 5.52. The number of benzene rings is 1. The molecular weight excluding hydrogens is 215 g/mol. The van der Waals surface area contributed by atoms with Crippen LogP contribution in [0.5, 0.6) is 0 Å². The third kappa shape index (κ3) is 1.49. The van der Waals surface area contributed by atoms with Gasteiger partial charge in [0.25, 0.3) is 0 Å². The molecule has 17 heavy (non-hydrogen) atoms. The van der Waals surface area contributed by atoms with Gasteiger partial charge in [-0.3, -0.25) is 0 Å². The summed E-state index contributed by atoms with van der Waals surface area (Å²) in [4.78, 5) is 0. The second-order valence-corrected chi connectivity index (χ2v) is 4.82. The predicted octanol–water partition coefficient (Wildman–Crippen LogP) is 2.91. The van der Waals surface area contributed by atoms with Gasteiger partial charge in [-0.15, -0.1) is 0 Å². The third-order valence-corrected chi connectivity index (χ3v) is 3.91. The number of hydrogen-bond acceptors (Lipinski definition) is 1. The van der Waals surface area contributed by atoms with Crippen molar-refractivity contribution in [3.63, 3.8) is 0 Å². The first-order valence-corrected chi connectivity index (χ1v) is 6.16. The number of hydrogen-bond donors (Lipinski definition) is 1. The molecule has 3 rings (SSSR count). The van der Waals surface area contributed by atoms with Crippen molar-refractivity contribution >= 4 is 10.9 Å². The van der Waals surface area contributed by atoms with E-state index in [1.807, 2.05) is 20.2 Å². The van der Waals surface area contributed by atoms with Crippen LogP contribution in [0.2, 0.25) is 0 Å². The maximum Gasteiger partial charge on any atom is 0.125 e. The number of aryl methyl sites for hydroxylation is 2. The van der Waals surface area contributed by atoms with Crippen molar-refractivity contribution < 1.29 is 4.39 Å². The highest BCUT2D eigenvalue weighted by atomic mass is 19.1. The quantitative estimate of drug-likeness (QED) is 0.800. The van der Waals surface area contributed by atoms with Gasteiger partial charge >= 0.3 is 0 Å². The van der Waals surface area contributed by atoms with E-state index >= 15 is 0 Å². The summed E-state index contributed by atoms with van der Waals surface area (Å²) in [5, 5.41) is 4.57. The van der Waals surface area contributed by atoms with Crippen LogP contribution in [0.4, 0.5) is 4.39 Å². The molecule has 0 saturated carbocycles. The van der Waals surface area contributed by atoms with E-state index in [0.29, 0.717) is 6.04 Å². The monoisotopic (exact) mass is 232 g/mol. The first-order chi connectivity index (χ1) is 8.22. The van der Waals surface area contributed by atoms with E-state index in [1.54, 1.807) is 12.1 Å². The van der Waals surface area contributed by atoms with Crippen LogP contribution in [0.25, 0.3) is 10.9 Å². The number of nitrogens with zero attached hydrogens (tertiary/aromatic N) is 1. The first kappa shape index (κ1) is 10.8. The number of rotatable bonds is 1. The molecule has 1 N–H and O–H groups in total. The Morgan fingerprint density at radius 3 is 3.00 bits per heavy atom. The molecule has 1 aliphatic rings. The molecule has 1 aromatic carbocycles. The van der Waals surface area contributed by atoms with Gasteiger partial charge in [0.05, 0.1) is 5.52 Å². The Morgan fingerprint density at radius 1 is 1.41 bits per heavy atom. The molecule has 0 saturated heterocycles. The SMILES string of the molecule is CNC1CCCc2c1n(C)c1cc(F)ccc21. The Bertz CT molecular complexity index is 571. The van der Waals surface area contributed by atoms with Crippen molar-refractivity contribution in [2.45, 2.75) is 25.3 Å². The largest absolute Gasteiger partial charge is 0.346 e. The number of halogens is 1. The highest BCUT2D eigenvalue weighted by molar-refractivity contribution is 5.86. The van der Waals surface area contributed by atoms with Crippen molar-refractivity contribution in [2.75, 3.05) is 7.05 Å². The summed E-state index contributed by atoms with van der Waals surface area (Å²) in [5.41, 5.74) is 3.74. The minimum atomic E-state index is -0.156. The minimum Gasteiger partial charge on any atom is -0.346 e. The zero-order valence-electron chi connectivity index (χ0n) is 10.3. The minimum absolute atomic E-state index is 0.156. The molecule has 0 aliphatic heterocycles. The molecule has 1 aliphatic carbocycles. The molecule has 0 spiro atoms. The molecule has 0 amide bonds. The molecule has 1 atom stereocenters. The van der Waals surface area contributed by atoms with Gasteiger partial charge in [0.1, 0.15) is 5.82 Å². The Hall–Kier alpha value is -1.35. The highest BCUT2D eigenvalue weighted by Crippen LogP contribution is 2.36. The van der Waals surface area contributed by atoms with Crippen LogP contribution >= 0.6 is 0 Å². The molecule has 0 radical (unpaired) electrons. The zero-order chi connectivity index (χ0) is 12.0. The van der Waals surface area contributed by atoms with Crippen LogP contribution in [-0.2, 0) is 13.5 Å². The van der Waals surface area contributed by atoms with Crippen LogP contribution in [0.1, 0.15) is 30.1 Å². The smallest absolute Gasteiger partial charge is 0.125 e. The molecule has 0 bridgehead atoms. The van der Waals surface area contributed by atoms with Gasteiger partial charge in [0.2, 0.25) is 0 Å². The summed E-state index contributed by atoms with van der Waals surface area (Å²) >= 11 is 0. The highest BCUT2D eigenvalue weighted by Gasteiger charge is 2.25. The lowest BCUT2D eigenvalue weighted by atomic mass is 9.92. The number of fused-ring (bicyclic) bond motifs is 3. The van der Waals surface area contributed by atoms with Gasteiger partial charge in [-0.2, -0.15) is 0 Å². The zero-order valence-corrected chi connectivity index (χ0v) is 10.3. The normalized spacial score (nSPS) is 19.6. The fourth-order valence-corrected chi connectivity index (χ4v) is 3.12. The molecule has 1 heterocycles. The van der Waals surface area contributed by atoms with E-state index in [9.17, 15) is 4.39 Å². The van der Waals surface area contributed by atoms with E-state index < -0.39 is 0 Å². The Kier molecular flexibility index (Phi) is 2.44. The molecular formula is C14H17FN2. The number of nitrogens with one attached hydrogen (secondary N) is 1. The maximum atomic E-state index is 13.3. The number of aromatic nitrogens is 1. The summed E-state index contributed by atoms with van der Waals surface area (Å²) in [6.07, 6.45) is 3.47. The molecule has 0 fully saturated rings. The van der Waals surface area contributed by atoms with Crippen molar-refractivity contribution in [2.24, 2.45) is 7.05 Å². The predicted molar refractivity (Wildman–Crippen MR) is 67.6 cm³/mol. The van der Waals surface area contributed by atoms with Gasteiger partial charge in [-0.05, 0) is 50.1 Å². The van der Waals surface area contributed by atoms with Crippen LogP contribution in [-0.4, -0.2) is 11.6 Å². The van der Waals surface area contributed by atoms with Crippen molar-refractivity contribution in [1.29, 1.82) is 0 Å². The summed E-state index contributed by atoms with van der Waals surface area (Å²) in [6.45, 7) is 0. The second kappa shape index (κ2) is 3.84. The van der Waals surface area contributed by atoms with Gasteiger partial charge in [0.15, 0.2) is 0 Å². The van der Waals surface area contributed by atoms with Crippen molar-refractivity contribution in [1.82, 2.24) is 9.88 Å². The topological polar surface area (TPSA) is 17.0 Å². The second-order valence-electron chi connectivity index (χ2n) is 4.82. The Labute approximate surface area is 100 Å². The summed E-state index contributed by atoms with van der Waals surface area (Å²) in [7, 11) is 4.04. The van der Waals surface area contributed by atoms with Crippen LogP contribution in [0.3, 0.4) is 0 Å². The fourth-order valence-electron chi connectivity index (χ4n) is 3.12. The molecule has 3 heteroatoms. The van der Waals surface area contributed by atoms with Crippen LogP contribution in [0.15, 0.2) is 18.2 Å². The van der Waals surface area contributed by atoms with E-state index in [-0.39, 0.29) is 5.82 Å². The van der Waals surface area contributed by atoms with Gasteiger partial charge in [-0.25, -0.2) is 4.39 Å². The van der Waals surface area contributed by atoms with E-state index in [2.05, 4.69) is 9.88 Å². The Morgan fingerprint density at radius 2 is 2.24 bits per heavy atom. The van der Waals surface area contributed by atoms with E-state index in [4.69, 9.17) is 0 Å². The lowest BCUT2D eigenvalue weighted by Crippen LogP contribution is -2.23. The van der Waals surface area contributed by atoms with E-state index in [0.717, 1.165) is 18.4 Å². The fraction of sp³-hybridized carbons (Fsp3) is 0.429. The summed E-state index contributed by atoms with van der Waals surface area (Å²) in [5.74, 6) is -0.156. The molecule has 1 aromatic heterocycles. The van der Waals surface area contributed by atoms with Crippen molar-refractivity contribution in [3.8, 4) is 0 Å². The lowest BCUT2D eigenvalue weighted by molar-refractivity contribution is 0.474. The van der Waals surface area contributed by atoms with Gasteiger partial charge in [-0.1, -0.05) is 0 Å². The van der Waals surface area contributed by atoms with E-state index in [1.165, 1.54) is 23.1 Å². The van der Waals surface area contributed by atoms with Gasteiger partial charge < -0.3 is 9.88 Å². The average Bonchev–Trinajstić information content (AvgIpc) is 2.63. The standard InChI is InChI=1S/C14H17FN2/c1-16-12-5-3-4-11-10-7-6-9(15)8-13(10)17(2)14(11)12/h6-8,12,16H,3-5H2,1-2H3. The molecule has 90 valence electrons. The van der Waals surface area contributed by atoms with Crippen LogP contribution < -0.4 is 5.32 Å². The maximum absolute atomic E-state index is 13.3. The van der Waals surface area contributed by atoms with Crippen LogP contribution in [0, 0.1) is 5.82 Å². The first-order valence-electron chi connectivity index (χ1n) is 6.16. The molecule has 1 unspecified atom stereocenters. The Balaban J connectivity index is 2.33. The average molecular weight is 232 g/mol. The van der Waals surface area contributed by atoms with Gasteiger partial charge in [0, 0.05) is 24.2 Å². The molecule has 2 aromatic rings.